The van der Waals surface area contributed by atoms with Gasteiger partial charge in [0.15, 0.2) is 10.2 Å². The smallest absolute Gasteiger partial charge is 0.174 e. The first-order valence-electron chi connectivity index (χ1n) is 7.34. The highest BCUT2D eigenvalue weighted by molar-refractivity contribution is 8.00. The fourth-order valence-corrected chi connectivity index (χ4v) is 3.79. The monoisotopic (exact) mass is 346 g/mol. The van der Waals surface area contributed by atoms with Crippen molar-refractivity contribution in [1.29, 1.82) is 0 Å². The average Bonchev–Trinajstić information content (AvgIpc) is 3.12. The van der Waals surface area contributed by atoms with Gasteiger partial charge < -0.3 is 0 Å². The van der Waals surface area contributed by atoms with Gasteiger partial charge in [-0.1, -0.05) is 36.9 Å². The zero-order chi connectivity index (χ0) is 16.4. The summed E-state index contributed by atoms with van der Waals surface area (Å²) in [4.78, 5) is 8.87. The van der Waals surface area contributed by atoms with E-state index >= 15 is 0 Å². The highest BCUT2D eigenvalue weighted by Gasteiger charge is 2.16. The van der Waals surface area contributed by atoms with E-state index in [0.717, 1.165) is 32.2 Å². The third-order valence-electron chi connectivity index (χ3n) is 3.26. The molecule has 6 nitrogen and oxygen atoms in total. The van der Waals surface area contributed by atoms with Crippen molar-refractivity contribution in [3.05, 3.63) is 40.7 Å². The Bertz CT molecular complexity index is 808. The first-order chi connectivity index (χ1) is 11.0. The van der Waals surface area contributed by atoms with Crippen molar-refractivity contribution >= 4 is 23.1 Å². The highest BCUT2D eigenvalue weighted by Crippen LogP contribution is 2.27. The lowest BCUT2D eigenvalue weighted by Crippen LogP contribution is -2.04. The second-order valence-corrected chi connectivity index (χ2v) is 7.89. The molecule has 3 aromatic rings. The fourth-order valence-electron chi connectivity index (χ4n) is 2.06. The van der Waals surface area contributed by atoms with Crippen molar-refractivity contribution in [2.45, 2.75) is 43.7 Å². The van der Waals surface area contributed by atoms with Crippen LogP contribution in [0.25, 0.3) is 5.69 Å². The number of rotatable bonds is 5. The molecule has 0 aliphatic carbocycles. The summed E-state index contributed by atoms with van der Waals surface area (Å²) in [7, 11) is 0. The van der Waals surface area contributed by atoms with E-state index in [1.165, 1.54) is 0 Å². The number of thioether (sulfide) groups is 1. The molecule has 0 spiro atoms. The molecule has 120 valence electrons. The van der Waals surface area contributed by atoms with Gasteiger partial charge in [-0.05, 0) is 25.5 Å². The molecule has 0 unspecified atom stereocenters. The van der Waals surface area contributed by atoms with Gasteiger partial charge in [-0.25, -0.2) is 9.67 Å². The maximum atomic E-state index is 4.72. The van der Waals surface area contributed by atoms with E-state index < -0.39 is 0 Å². The summed E-state index contributed by atoms with van der Waals surface area (Å²) in [6.45, 7) is 8.19. The molecule has 0 saturated heterocycles. The van der Waals surface area contributed by atoms with E-state index in [0.29, 0.717) is 5.75 Å². The summed E-state index contributed by atoms with van der Waals surface area (Å²) in [5.41, 5.74) is 2.09. The van der Waals surface area contributed by atoms with E-state index in [2.05, 4.69) is 29.0 Å². The van der Waals surface area contributed by atoms with Gasteiger partial charge in [-0.3, -0.25) is 4.98 Å². The Kier molecular flexibility index (Phi) is 4.72. The Morgan fingerprint density at radius 2 is 2.09 bits per heavy atom. The van der Waals surface area contributed by atoms with Crippen LogP contribution < -0.4 is 0 Å². The zero-order valence-corrected chi connectivity index (χ0v) is 15.1. The molecular formula is C15H18N6S2. The first-order valence-corrected chi connectivity index (χ1v) is 9.14. The fraction of sp³-hybridized carbons (Fsp3) is 0.400. The molecule has 0 aliphatic rings. The lowest BCUT2D eigenvalue weighted by molar-refractivity contribution is 0.748. The summed E-state index contributed by atoms with van der Waals surface area (Å²) in [5, 5.41) is 13.9. The first kappa shape index (κ1) is 16.1. The molecule has 0 saturated carbocycles. The summed E-state index contributed by atoms with van der Waals surface area (Å²) >= 11 is 3.24. The normalized spacial score (nSPS) is 11.3. The summed E-state index contributed by atoms with van der Waals surface area (Å²) in [6, 6.07) is 1.97. The van der Waals surface area contributed by atoms with Gasteiger partial charge in [0.1, 0.15) is 10.8 Å². The van der Waals surface area contributed by atoms with Crippen molar-refractivity contribution in [2.75, 3.05) is 0 Å². The van der Waals surface area contributed by atoms with E-state index in [4.69, 9.17) is 10.1 Å². The average molecular weight is 346 g/mol. The molecule has 0 aliphatic heterocycles. The molecule has 3 heterocycles. The van der Waals surface area contributed by atoms with Gasteiger partial charge in [0.2, 0.25) is 0 Å². The van der Waals surface area contributed by atoms with Crippen molar-refractivity contribution in [2.24, 2.45) is 0 Å². The van der Waals surface area contributed by atoms with Gasteiger partial charge in [-0.2, -0.15) is 5.10 Å². The van der Waals surface area contributed by atoms with Crippen molar-refractivity contribution in [3.8, 4) is 5.69 Å². The molecule has 0 fully saturated rings. The highest BCUT2D eigenvalue weighted by atomic mass is 32.2. The van der Waals surface area contributed by atoms with Crippen LogP contribution in [0.3, 0.4) is 0 Å². The Labute approximate surface area is 143 Å². The zero-order valence-electron chi connectivity index (χ0n) is 13.5. The Morgan fingerprint density at radius 1 is 1.26 bits per heavy atom. The second kappa shape index (κ2) is 6.76. The lowest BCUT2D eigenvalue weighted by atomic mass is 10.2. The van der Waals surface area contributed by atoms with Gasteiger partial charge in [0.05, 0.1) is 11.4 Å². The molecule has 8 heteroatoms. The summed E-state index contributed by atoms with van der Waals surface area (Å²) in [6.07, 6.45) is 3.63. The minimum Gasteiger partial charge on any atom is -0.264 e. The minimum absolute atomic E-state index is 0.283. The van der Waals surface area contributed by atoms with Crippen LogP contribution in [0.15, 0.2) is 22.8 Å². The summed E-state index contributed by atoms with van der Waals surface area (Å²) < 4.78 is 2.88. The number of pyridine rings is 1. The maximum absolute atomic E-state index is 4.72. The van der Waals surface area contributed by atoms with Gasteiger partial charge >= 0.3 is 0 Å². The molecule has 3 rings (SSSR count). The van der Waals surface area contributed by atoms with Crippen LogP contribution in [0, 0.1) is 13.8 Å². The Balaban J connectivity index is 1.93. The van der Waals surface area contributed by atoms with Crippen molar-refractivity contribution < 1.29 is 0 Å². The number of hydrogen-bond acceptors (Lipinski definition) is 7. The topological polar surface area (TPSA) is 69.4 Å². The van der Waals surface area contributed by atoms with Gasteiger partial charge in [0, 0.05) is 18.3 Å². The molecular weight excluding hydrogens is 328 g/mol. The third-order valence-corrected chi connectivity index (χ3v) is 5.23. The summed E-state index contributed by atoms with van der Waals surface area (Å²) in [5.74, 6) is 2.76. The molecule has 0 aromatic carbocycles. The maximum Gasteiger partial charge on any atom is 0.174 e. The third kappa shape index (κ3) is 3.59. The van der Waals surface area contributed by atoms with Crippen LogP contribution in [0.2, 0.25) is 0 Å². The molecule has 0 amide bonds. The van der Waals surface area contributed by atoms with Crippen LogP contribution in [-0.4, -0.2) is 29.9 Å². The standard InChI is InChI=1S/C15H18N6S2/c1-9(2)14-17-13(8-22-15-19-18-11(4)23-15)21(20-14)12-5-6-16-7-10(12)3/h5-7,9H,8H2,1-4H3. The van der Waals surface area contributed by atoms with Gasteiger partial charge in [-0.15, -0.1) is 10.2 Å². The van der Waals surface area contributed by atoms with Crippen LogP contribution in [0.4, 0.5) is 0 Å². The van der Waals surface area contributed by atoms with Crippen LogP contribution in [0.1, 0.15) is 42.0 Å². The number of aromatic nitrogens is 6. The van der Waals surface area contributed by atoms with Crippen molar-refractivity contribution in [3.63, 3.8) is 0 Å². The van der Waals surface area contributed by atoms with E-state index in [-0.39, 0.29) is 5.92 Å². The molecule has 0 atom stereocenters. The lowest BCUT2D eigenvalue weighted by Gasteiger charge is -2.07. The second-order valence-electron chi connectivity index (χ2n) is 5.49. The minimum atomic E-state index is 0.283. The molecule has 0 bridgehead atoms. The Hall–Kier alpha value is -1.80. The van der Waals surface area contributed by atoms with Crippen LogP contribution in [0.5, 0.6) is 0 Å². The Morgan fingerprint density at radius 3 is 2.74 bits per heavy atom. The van der Waals surface area contributed by atoms with Crippen LogP contribution >= 0.6 is 23.1 Å². The molecule has 0 N–H and O–H groups in total. The number of aryl methyl sites for hydroxylation is 2. The van der Waals surface area contributed by atoms with Crippen molar-refractivity contribution in [1.82, 2.24) is 29.9 Å². The molecule has 0 radical (unpaired) electrons. The molecule has 3 aromatic heterocycles. The van der Waals surface area contributed by atoms with E-state index in [1.54, 1.807) is 29.3 Å². The predicted octanol–water partition coefficient (Wildman–Crippen LogP) is 3.55. The quantitative estimate of drug-likeness (QED) is 0.658. The van der Waals surface area contributed by atoms with E-state index in [1.807, 2.05) is 30.8 Å². The number of nitrogens with zero attached hydrogens (tertiary/aromatic N) is 6. The van der Waals surface area contributed by atoms with E-state index in [9.17, 15) is 0 Å². The SMILES string of the molecule is Cc1nnc(SCc2nc(C(C)C)nn2-c2ccncc2C)s1. The molecule has 23 heavy (non-hydrogen) atoms. The number of hydrogen-bond donors (Lipinski definition) is 0. The largest absolute Gasteiger partial charge is 0.264 e. The van der Waals surface area contributed by atoms with Crippen LogP contribution in [-0.2, 0) is 5.75 Å². The van der Waals surface area contributed by atoms with Gasteiger partial charge in [0.25, 0.3) is 0 Å². The predicted molar refractivity (Wildman–Crippen MR) is 92.2 cm³/mol.